The molecule has 4 nitrogen and oxygen atoms in total. The van der Waals surface area contributed by atoms with Crippen LogP contribution in [0.4, 0.5) is 0 Å². The Kier molecular flexibility index (Phi) is 4.99. The monoisotopic (exact) mass is 296 g/mol. The van der Waals surface area contributed by atoms with Crippen LogP contribution in [0.3, 0.4) is 0 Å². The van der Waals surface area contributed by atoms with Gasteiger partial charge in [0.15, 0.2) is 0 Å². The number of ether oxygens (including phenoxy) is 1. The Morgan fingerprint density at radius 3 is 2.52 bits per heavy atom. The highest BCUT2D eigenvalue weighted by Gasteiger charge is 2.56. The third-order valence-corrected chi connectivity index (χ3v) is 5.29. The van der Waals surface area contributed by atoms with E-state index in [2.05, 4.69) is 44.8 Å². The number of amides is 1. The number of carbonyl (C=O) groups excluding carboxylic acids is 1. The fourth-order valence-electron chi connectivity index (χ4n) is 3.84. The van der Waals surface area contributed by atoms with Crippen LogP contribution in [-0.4, -0.2) is 41.8 Å². The predicted octanol–water partition coefficient (Wildman–Crippen LogP) is 2.77. The zero-order chi connectivity index (χ0) is 15.8. The van der Waals surface area contributed by atoms with Crippen molar-refractivity contribution in [3.05, 3.63) is 0 Å². The van der Waals surface area contributed by atoms with E-state index in [0.29, 0.717) is 12.0 Å². The fourth-order valence-corrected chi connectivity index (χ4v) is 3.84. The molecule has 0 radical (unpaired) electrons. The van der Waals surface area contributed by atoms with Gasteiger partial charge in [-0.3, -0.25) is 10.1 Å². The van der Waals surface area contributed by atoms with Gasteiger partial charge in [-0.2, -0.15) is 0 Å². The van der Waals surface area contributed by atoms with Gasteiger partial charge in [-0.25, -0.2) is 0 Å². The van der Waals surface area contributed by atoms with E-state index in [1.54, 1.807) is 0 Å². The van der Waals surface area contributed by atoms with Crippen LogP contribution in [0.2, 0.25) is 0 Å². The average Bonchev–Trinajstić information content (AvgIpc) is 2.72. The summed E-state index contributed by atoms with van der Waals surface area (Å²) in [6, 6.07) is 0.276. The highest BCUT2D eigenvalue weighted by Crippen LogP contribution is 2.47. The SMILES string of the molecule is CCCC1NC(C(C)C)C(=O)N1C1CC(OCC)C1(C)C. The van der Waals surface area contributed by atoms with Gasteiger partial charge in [0.2, 0.25) is 5.91 Å². The number of nitrogens with zero attached hydrogens (tertiary/aromatic N) is 1. The summed E-state index contributed by atoms with van der Waals surface area (Å²) in [5.41, 5.74) is 0.0468. The Balaban J connectivity index is 2.15. The predicted molar refractivity (Wildman–Crippen MR) is 84.9 cm³/mol. The van der Waals surface area contributed by atoms with Crippen molar-refractivity contribution in [2.45, 2.75) is 85.2 Å². The molecular formula is C17H32N2O2. The Morgan fingerprint density at radius 2 is 2.05 bits per heavy atom. The van der Waals surface area contributed by atoms with E-state index in [1.165, 1.54) is 0 Å². The Morgan fingerprint density at radius 1 is 1.38 bits per heavy atom. The van der Waals surface area contributed by atoms with Crippen LogP contribution < -0.4 is 5.32 Å². The summed E-state index contributed by atoms with van der Waals surface area (Å²) in [6.07, 6.45) is 3.57. The molecule has 1 amide bonds. The van der Waals surface area contributed by atoms with Crippen molar-refractivity contribution in [2.75, 3.05) is 6.61 Å². The zero-order valence-corrected chi connectivity index (χ0v) is 14.5. The standard InChI is InChI=1S/C17H32N2O2/c1-7-9-14-18-15(11(3)4)16(20)19(14)12-10-13(21-8-2)17(12,5)6/h11-15,18H,7-10H2,1-6H3. The third kappa shape index (κ3) is 2.85. The minimum atomic E-state index is -0.0245. The molecule has 2 fully saturated rings. The minimum absolute atomic E-state index is 0.0245. The van der Waals surface area contributed by atoms with Crippen LogP contribution in [0.25, 0.3) is 0 Å². The first-order valence-electron chi connectivity index (χ1n) is 8.54. The van der Waals surface area contributed by atoms with Gasteiger partial charge >= 0.3 is 0 Å². The molecule has 1 saturated heterocycles. The first-order valence-corrected chi connectivity index (χ1v) is 8.54. The number of nitrogens with one attached hydrogen (secondary N) is 1. The fraction of sp³-hybridized carbons (Fsp3) is 0.941. The van der Waals surface area contributed by atoms with Gasteiger partial charge in [-0.1, -0.05) is 41.0 Å². The second-order valence-corrected chi connectivity index (χ2v) is 7.46. The molecule has 2 rings (SSSR count). The van der Waals surface area contributed by atoms with Gasteiger partial charge < -0.3 is 9.64 Å². The van der Waals surface area contributed by atoms with Crippen molar-refractivity contribution in [3.63, 3.8) is 0 Å². The summed E-state index contributed by atoms with van der Waals surface area (Å²) in [4.78, 5) is 15.0. The van der Waals surface area contributed by atoms with E-state index in [9.17, 15) is 4.79 Å². The molecule has 122 valence electrons. The summed E-state index contributed by atoms with van der Waals surface area (Å²) in [6.45, 7) is 13.7. The van der Waals surface area contributed by atoms with Crippen LogP contribution in [0.15, 0.2) is 0 Å². The molecule has 0 aromatic heterocycles. The van der Waals surface area contributed by atoms with Crippen LogP contribution in [0.1, 0.15) is 60.8 Å². The molecule has 0 aromatic rings. The van der Waals surface area contributed by atoms with Crippen LogP contribution in [0.5, 0.6) is 0 Å². The van der Waals surface area contributed by atoms with Crippen molar-refractivity contribution >= 4 is 5.91 Å². The number of hydrogen-bond acceptors (Lipinski definition) is 3. The van der Waals surface area contributed by atoms with Gasteiger partial charge in [-0.15, -0.1) is 0 Å². The lowest BCUT2D eigenvalue weighted by Gasteiger charge is -2.56. The maximum atomic E-state index is 12.8. The second-order valence-electron chi connectivity index (χ2n) is 7.46. The summed E-state index contributed by atoms with van der Waals surface area (Å²) < 4.78 is 5.83. The van der Waals surface area contributed by atoms with Gasteiger partial charge in [0.05, 0.1) is 18.3 Å². The molecule has 1 saturated carbocycles. The summed E-state index contributed by atoms with van der Waals surface area (Å²) in [7, 11) is 0. The van der Waals surface area contributed by atoms with Crippen LogP contribution in [-0.2, 0) is 9.53 Å². The highest BCUT2D eigenvalue weighted by atomic mass is 16.5. The Hall–Kier alpha value is -0.610. The second kappa shape index (κ2) is 6.25. The molecule has 1 heterocycles. The van der Waals surface area contributed by atoms with E-state index in [-0.39, 0.29) is 29.6 Å². The van der Waals surface area contributed by atoms with Crippen LogP contribution in [0, 0.1) is 11.3 Å². The first-order chi connectivity index (χ1) is 9.84. The quantitative estimate of drug-likeness (QED) is 0.819. The van der Waals surface area contributed by atoms with Crippen molar-refractivity contribution in [1.82, 2.24) is 10.2 Å². The van der Waals surface area contributed by atoms with E-state index in [0.717, 1.165) is 25.9 Å². The molecule has 1 aliphatic heterocycles. The van der Waals surface area contributed by atoms with Crippen LogP contribution >= 0.6 is 0 Å². The van der Waals surface area contributed by atoms with Gasteiger partial charge in [0, 0.05) is 18.1 Å². The van der Waals surface area contributed by atoms with Crippen molar-refractivity contribution < 1.29 is 9.53 Å². The topological polar surface area (TPSA) is 41.6 Å². The molecule has 4 heteroatoms. The van der Waals surface area contributed by atoms with E-state index >= 15 is 0 Å². The number of rotatable bonds is 6. The Bertz CT molecular complexity index is 381. The normalized spacial score (nSPS) is 35.4. The maximum Gasteiger partial charge on any atom is 0.241 e. The summed E-state index contributed by atoms with van der Waals surface area (Å²) in [5.74, 6) is 0.629. The highest BCUT2D eigenvalue weighted by molar-refractivity contribution is 5.85. The lowest BCUT2D eigenvalue weighted by Crippen LogP contribution is -2.64. The summed E-state index contributed by atoms with van der Waals surface area (Å²) in [5, 5.41) is 3.56. The number of carbonyl (C=O) groups is 1. The number of hydrogen-bond donors (Lipinski definition) is 1. The molecule has 1 N–H and O–H groups in total. The lowest BCUT2D eigenvalue weighted by atomic mass is 9.63. The average molecular weight is 296 g/mol. The van der Waals surface area contributed by atoms with Gasteiger partial charge in [0.1, 0.15) is 0 Å². The first kappa shape index (κ1) is 16.8. The summed E-state index contributed by atoms with van der Waals surface area (Å²) >= 11 is 0. The molecule has 1 aliphatic carbocycles. The van der Waals surface area contributed by atoms with Gasteiger partial charge in [0.25, 0.3) is 0 Å². The molecule has 2 aliphatic rings. The molecular weight excluding hydrogens is 264 g/mol. The smallest absolute Gasteiger partial charge is 0.241 e. The van der Waals surface area contributed by atoms with Crippen molar-refractivity contribution in [2.24, 2.45) is 11.3 Å². The third-order valence-electron chi connectivity index (χ3n) is 5.29. The maximum absolute atomic E-state index is 12.8. The van der Waals surface area contributed by atoms with E-state index < -0.39 is 0 Å². The van der Waals surface area contributed by atoms with E-state index in [1.807, 2.05) is 6.92 Å². The molecule has 0 bridgehead atoms. The molecule has 4 atom stereocenters. The lowest BCUT2D eigenvalue weighted by molar-refractivity contribution is -0.168. The van der Waals surface area contributed by atoms with Crippen molar-refractivity contribution in [3.8, 4) is 0 Å². The van der Waals surface area contributed by atoms with Crippen molar-refractivity contribution in [1.29, 1.82) is 0 Å². The molecule has 0 aromatic carbocycles. The molecule has 0 spiro atoms. The zero-order valence-electron chi connectivity index (χ0n) is 14.5. The largest absolute Gasteiger partial charge is 0.378 e. The van der Waals surface area contributed by atoms with E-state index in [4.69, 9.17) is 4.74 Å². The molecule has 4 unspecified atom stereocenters. The minimum Gasteiger partial charge on any atom is -0.378 e. The Labute approximate surface area is 129 Å². The molecule has 21 heavy (non-hydrogen) atoms. The van der Waals surface area contributed by atoms with Gasteiger partial charge in [-0.05, 0) is 25.7 Å².